The first-order chi connectivity index (χ1) is 28.2. The van der Waals surface area contributed by atoms with Gasteiger partial charge in [-0.15, -0.1) is 0 Å². The molecule has 0 aliphatic heterocycles. The zero-order chi connectivity index (χ0) is 38.1. The third-order valence-corrected chi connectivity index (χ3v) is 11.2. The molecule has 0 bridgehead atoms. The topological polar surface area (TPSA) is 29.6 Å². The van der Waals surface area contributed by atoms with Gasteiger partial charge < -0.3 is 4.57 Å². The molecule has 2 aliphatic carbocycles. The van der Waals surface area contributed by atoms with Crippen molar-refractivity contribution in [3.05, 3.63) is 241 Å². The van der Waals surface area contributed by atoms with Crippen molar-refractivity contribution < 1.29 is 0 Å². The third-order valence-electron chi connectivity index (χ3n) is 11.2. The molecule has 7 aromatic carbocycles. The average molecular weight is 730 g/mol. The van der Waals surface area contributed by atoms with Crippen molar-refractivity contribution in [2.45, 2.75) is 5.92 Å². The summed E-state index contributed by atoms with van der Waals surface area (Å²) in [5, 5.41) is 2.48. The fourth-order valence-corrected chi connectivity index (χ4v) is 8.35. The predicted octanol–water partition coefficient (Wildman–Crippen LogP) is 13.4. The van der Waals surface area contributed by atoms with Gasteiger partial charge in [-0.05, 0) is 51.6 Å². The molecule has 57 heavy (non-hydrogen) atoms. The first-order valence-corrected chi connectivity index (χ1v) is 19.5. The van der Waals surface area contributed by atoms with Crippen molar-refractivity contribution in [3.63, 3.8) is 0 Å². The molecular formula is C54H39N3. The number of rotatable bonds is 7. The maximum atomic E-state index is 5.04. The Morgan fingerprint density at radius 2 is 1.19 bits per heavy atom. The van der Waals surface area contributed by atoms with Gasteiger partial charge in [-0.1, -0.05) is 195 Å². The standard InChI is InChI=1S/C54H39N3/c1-37(56-54(41-17-6-3-7-18-41)55-36-38-27-29-40(30-28-38)39-15-4-2-5-16-39)42-20-14-21-43(33-42)44-31-32-50-49-25-12-13-26-51(49)57(52(50)34-44)53-35-45-19-8-9-22-46(45)47-23-10-11-24-48(47)53/h2-36,45-46H,1H2. The number of fused-ring (bicyclic) bond motifs is 6. The second-order valence-electron chi connectivity index (χ2n) is 14.7. The number of aliphatic imine (C=N–C) groups is 2. The second-order valence-corrected chi connectivity index (χ2v) is 14.7. The van der Waals surface area contributed by atoms with Crippen molar-refractivity contribution in [2.75, 3.05) is 0 Å². The maximum absolute atomic E-state index is 5.04. The molecule has 0 saturated heterocycles. The van der Waals surface area contributed by atoms with Crippen LogP contribution in [0.25, 0.3) is 55.5 Å². The summed E-state index contributed by atoms with van der Waals surface area (Å²) < 4.78 is 2.47. The predicted molar refractivity (Wildman–Crippen MR) is 241 cm³/mol. The van der Waals surface area contributed by atoms with Crippen LogP contribution in [0.4, 0.5) is 0 Å². The van der Waals surface area contributed by atoms with Crippen molar-refractivity contribution in [2.24, 2.45) is 15.9 Å². The highest BCUT2D eigenvalue weighted by atomic mass is 15.0. The molecule has 3 heteroatoms. The Kier molecular flexibility index (Phi) is 8.81. The van der Waals surface area contributed by atoms with Crippen LogP contribution in [-0.2, 0) is 0 Å². The quantitative estimate of drug-likeness (QED) is 0.115. The highest BCUT2D eigenvalue weighted by Gasteiger charge is 2.29. The minimum absolute atomic E-state index is 0.299. The first-order valence-electron chi connectivity index (χ1n) is 19.5. The van der Waals surface area contributed by atoms with Crippen molar-refractivity contribution >= 4 is 45.3 Å². The molecule has 3 nitrogen and oxygen atoms in total. The number of benzene rings is 7. The van der Waals surface area contributed by atoms with E-state index in [-0.39, 0.29) is 0 Å². The van der Waals surface area contributed by atoms with Crippen molar-refractivity contribution in [1.29, 1.82) is 0 Å². The molecular weight excluding hydrogens is 691 g/mol. The molecule has 1 heterocycles. The van der Waals surface area contributed by atoms with Gasteiger partial charge in [0.1, 0.15) is 0 Å². The fourth-order valence-electron chi connectivity index (χ4n) is 8.35. The van der Waals surface area contributed by atoms with Crippen LogP contribution in [0.15, 0.2) is 223 Å². The average Bonchev–Trinajstić information content (AvgIpc) is 3.61. The number of aromatic nitrogens is 1. The van der Waals surface area contributed by atoms with Crippen molar-refractivity contribution in [3.8, 4) is 22.3 Å². The van der Waals surface area contributed by atoms with E-state index in [1.165, 1.54) is 49.8 Å². The van der Waals surface area contributed by atoms with E-state index in [1.807, 2.05) is 42.6 Å². The largest absolute Gasteiger partial charge is 0.309 e. The Labute approximate surface area is 333 Å². The van der Waals surface area contributed by atoms with Crippen LogP contribution in [-0.4, -0.2) is 16.6 Å². The summed E-state index contributed by atoms with van der Waals surface area (Å²) in [5.74, 6) is 1.25. The van der Waals surface area contributed by atoms with Crippen LogP contribution in [0, 0.1) is 5.92 Å². The summed E-state index contributed by atoms with van der Waals surface area (Å²) in [4.78, 5) is 9.95. The molecule has 270 valence electrons. The first kappa shape index (κ1) is 34.2. The fraction of sp³-hybridized carbons (Fsp3) is 0.0370. The molecule has 0 amide bonds. The van der Waals surface area contributed by atoms with E-state index in [2.05, 4.69) is 181 Å². The Balaban J connectivity index is 1.01. The minimum Gasteiger partial charge on any atom is -0.309 e. The van der Waals surface area contributed by atoms with Crippen LogP contribution >= 0.6 is 0 Å². The Bertz CT molecular complexity index is 2960. The molecule has 0 N–H and O–H groups in total. The van der Waals surface area contributed by atoms with E-state index in [9.17, 15) is 0 Å². The van der Waals surface area contributed by atoms with Crippen LogP contribution in [0.3, 0.4) is 0 Å². The molecule has 0 fully saturated rings. The van der Waals surface area contributed by atoms with E-state index in [1.54, 1.807) is 0 Å². The number of allylic oxidation sites excluding steroid dienone is 5. The van der Waals surface area contributed by atoms with Crippen LogP contribution in [0.2, 0.25) is 0 Å². The Hall–Kier alpha value is -7.36. The normalized spacial score (nSPS) is 16.1. The van der Waals surface area contributed by atoms with Gasteiger partial charge in [-0.3, -0.25) is 0 Å². The van der Waals surface area contributed by atoms with Gasteiger partial charge >= 0.3 is 0 Å². The van der Waals surface area contributed by atoms with E-state index >= 15 is 0 Å². The highest BCUT2D eigenvalue weighted by molar-refractivity contribution is 6.12. The zero-order valence-corrected chi connectivity index (χ0v) is 31.4. The van der Waals surface area contributed by atoms with Gasteiger partial charge in [0.25, 0.3) is 0 Å². The Morgan fingerprint density at radius 1 is 0.544 bits per heavy atom. The molecule has 0 saturated carbocycles. The number of nitrogens with zero attached hydrogens (tertiary/aromatic N) is 3. The molecule has 0 radical (unpaired) electrons. The molecule has 2 aliphatic rings. The number of hydrogen-bond acceptors (Lipinski definition) is 1. The summed E-state index contributed by atoms with van der Waals surface area (Å²) in [5.41, 5.74) is 14.4. The van der Waals surface area contributed by atoms with E-state index < -0.39 is 0 Å². The lowest BCUT2D eigenvalue weighted by molar-refractivity contribution is 0.684. The summed E-state index contributed by atoms with van der Waals surface area (Å²) in [7, 11) is 0. The zero-order valence-electron chi connectivity index (χ0n) is 31.4. The maximum Gasteiger partial charge on any atom is 0.159 e. The van der Waals surface area contributed by atoms with Gasteiger partial charge in [-0.2, -0.15) is 0 Å². The number of amidine groups is 1. The summed E-state index contributed by atoms with van der Waals surface area (Å²) in [6, 6.07) is 62.0. The second kappa shape index (κ2) is 14.7. The Morgan fingerprint density at radius 3 is 2.05 bits per heavy atom. The molecule has 8 aromatic rings. The molecule has 1 aromatic heterocycles. The monoisotopic (exact) mass is 729 g/mol. The van der Waals surface area contributed by atoms with Gasteiger partial charge in [-0.25, -0.2) is 9.98 Å². The smallest absolute Gasteiger partial charge is 0.159 e. The van der Waals surface area contributed by atoms with E-state index in [0.717, 1.165) is 27.8 Å². The van der Waals surface area contributed by atoms with E-state index in [0.29, 0.717) is 23.4 Å². The number of hydrogen-bond donors (Lipinski definition) is 0. The summed E-state index contributed by atoms with van der Waals surface area (Å²) >= 11 is 0. The van der Waals surface area contributed by atoms with E-state index in [4.69, 9.17) is 9.98 Å². The van der Waals surface area contributed by atoms with Crippen LogP contribution in [0.1, 0.15) is 33.7 Å². The molecule has 2 unspecified atom stereocenters. The van der Waals surface area contributed by atoms with Gasteiger partial charge in [0, 0.05) is 45.5 Å². The summed E-state index contributed by atoms with van der Waals surface area (Å²) in [6.07, 6.45) is 13.4. The lowest BCUT2D eigenvalue weighted by atomic mass is 9.76. The third kappa shape index (κ3) is 6.49. The molecule has 0 spiro atoms. The summed E-state index contributed by atoms with van der Waals surface area (Å²) in [6.45, 7) is 4.45. The van der Waals surface area contributed by atoms with Crippen molar-refractivity contribution in [1.82, 2.24) is 4.57 Å². The molecule has 2 atom stereocenters. The molecule has 10 rings (SSSR count). The van der Waals surface area contributed by atoms with Gasteiger partial charge in [0.2, 0.25) is 0 Å². The SMILES string of the molecule is C=C(N=C(N=Cc1ccc(-c2ccccc2)cc1)c1ccccc1)c1cccc(-c2ccc3c4ccccc4n(C4=CC5C=CC=CC5c5ccccc54)c3c2)c1. The van der Waals surface area contributed by atoms with Gasteiger partial charge in [0.05, 0.1) is 22.4 Å². The van der Waals surface area contributed by atoms with Crippen LogP contribution in [0.5, 0.6) is 0 Å². The minimum atomic E-state index is 0.299. The van der Waals surface area contributed by atoms with Gasteiger partial charge in [0.15, 0.2) is 5.84 Å². The lowest BCUT2D eigenvalue weighted by Gasteiger charge is -2.31. The number of para-hydroxylation sites is 1. The highest BCUT2D eigenvalue weighted by Crippen LogP contribution is 2.45. The van der Waals surface area contributed by atoms with Crippen LogP contribution < -0.4 is 0 Å². The lowest BCUT2D eigenvalue weighted by Crippen LogP contribution is -2.18.